The molecule has 0 radical (unpaired) electrons. The first kappa shape index (κ1) is 14.7. The zero-order chi connectivity index (χ0) is 16.4. The van der Waals surface area contributed by atoms with E-state index in [0.29, 0.717) is 36.0 Å². The molecule has 124 valence electrons. The van der Waals surface area contributed by atoms with E-state index >= 15 is 0 Å². The Labute approximate surface area is 139 Å². The summed E-state index contributed by atoms with van der Waals surface area (Å²) >= 11 is 0. The average Bonchev–Trinajstić information content (AvgIpc) is 3.10. The summed E-state index contributed by atoms with van der Waals surface area (Å²) < 4.78 is 16.5. The summed E-state index contributed by atoms with van der Waals surface area (Å²) in [5, 5.41) is 7.74. The van der Waals surface area contributed by atoms with Crippen LogP contribution in [0.15, 0.2) is 36.5 Å². The number of hydrogen-bond donors (Lipinski definition) is 0. The van der Waals surface area contributed by atoms with E-state index in [1.165, 1.54) is 0 Å². The molecule has 1 aromatic heterocycles. The highest BCUT2D eigenvalue weighted by Crippen LogP contribution is 2.33. The number of nitrogens with zero attached hydrogens (tertiary/aromatic N) is 3. The minimum absolute atomic E-state index is 0.0271. The molecule has 24 heavy (non-hydrogen) atoms. The number of likely N-dealkylation sites (tertiary alicyclic amines) is 1. The van der Waals surface area contributed by atoms with Gasteiger partial charge in [0.1, 0.15) is 6.10 Å². The van der Waals surface area contributed by atoms with Crippen molar-refractivity contribution in [3.05, 3.63) is 42.1 Å². The molecule has 2 aliphatic heterocycles. The molecule has 1 amide bonds. The summed E-state index contributed by atoms with van der Waals surface area (Å²) in [4.78, 5) is 14.6. The summed E-state index contributed by atoms with van der Waals surface area (Å²) in [5.74, 6) is 1.75. The van der Waals surface area contributed by atoms with Crippen LogP contribution in [0.1, 0.15) is 23.2 Å². The number of carbonyl (C=O) groups is 1. The molecule has 0 aliphatic carbocycles. The quantitative estimate of drug-likeness (QED) is 0.857. The number of rotatable bonds is 3. The SMILES string of the molecule is O=C(c1ccc2c(c1)OCO2)N1CCC[C@H](Oc2cccnn2)C1. The van der Waals surface area contributed by atoms with Crippen LogP contribution in [-0.2, 0) is 0 Å². The summed E-state index contributed by atoms with van der Waals surface area (Å²) in [6.07, 6.45) is 3.31. The van der Waals surface area contributed by atoms with Crippen molar-refractivity contribution in [3.63, 3.8) is 0 Å². The molecule has 1 aromatic carbocycles. The van der Waals surface area contributed by atoms with Gasteiger partial charge in [0.2, 0.25) is 12.7 Å². The van der Waals surface area contributed by atoms with Crippen LogP contribution in [0.2, 0.25) is 0 Å². The molecule has 3 heterocycles. The molecule has 0 bridgehead atoms. The number of hydrogen-bond acceptors (Lipinski definition) is 6. The van der Waals surface area contributed by atoms with Gasteiger partial charge >= 0.3 is 0 Å². The van der Waals surface area contributed by atoms with Gasteiger partial charge < -0.3 is 19.1 Å². The van der Waals surface area contributed by atoms with E-state index in [4.69, 9.17) is 14.2 Å². The van der Waals surface area contributed by atoms with Crippen molar-refractivity contribution in [1.82, 2.24) is 15.1 Å². The summed E-state index contributed by atoms with van der Waals surface area (Å²) in [5.41, 5.74) is 0.597. The van der Waals surface area contributed by atoms with Gasteiger partial charge in [-0.1, -0.05) is 0 Å². The Hall–Kier alpha value is -2.83. The van der Waals surface area contributed by atoms with Crippen LogP contribution in [0.4, 0.5) is 0 Å². The van der Waals surface area contributed by atoms with E-state index in [0.717, 1.165) is 12.8 Å². The molecular formula is C17H17N3O4. The van der Waals surface area contributed by atoms with Gasteiger partial charge in [-0.25, -0.2) is 0 Å². The lowest BCUT2D eigenvalue weighted by atomic mass is 10.1. The van der Waals surface area contributed by atoms with Crippen molar-refractivity contribution in [2.24, 2.45) is 0 Å². The number of amides is 1. The van der Waals surface area contributed by atoms with Crippen LogP contribution in [0, 0.1) is 0 Å². The fourth-order valence-electron chi connectivity index (χ4n) is 2.95. The van der Waals surface area contributed by atoms with Gasteiger partial charge in [0.25, 0.3) is 5.91 Å². The van der Waals surface area contributed by atoms with Gasteiger partial charge in [0.15, 0.2) is 11.5 Å². The second kappa shape index (κ2) is 6.35. The topological polar surface area (TPSA) is 73.8 Å². The Kier molecular flexibility index (Phi) is 3.90. The molecule has 2 aliphatic rings. The Morgan fingerprint density at radius 3 is 3.04 bits per heavy atom. The summed E-state index contributed by atoms with van der Waals surface area (Å²) in [6, 6.07) is 8.82. The third-order valence-electron chi connectivity index (χ3n) is 4.12. The first-order chi connectivity index (χ1) is 11.8. The first-order valence-electron chi connectivity index (χ1n) is 7.93. The zero-order valence-electron chi connectivity index (χ0n) is 13.1. The predicted octanol–water partition coefficient (Wildman–Crippen LogP) is 1.89. The maximum Gasteiger partial charge on any atom is 0.254 e. The van der Waals surface area contributed by atoms with E-state index in [-0.39, 0.29) is 18.8 Å². The van der Waals surface area contributed by atoms with Gasteiger partial charge in [-0.3, -0.25) is 4.79 Å². The van der Waals surface area contributed by atoms with Crippen LogP contribution in [0.3, 0.4) is 0 Å². The van der Waals surface area contributed by atoms with Gasteiger partial charge in [0, 0.05) is 24.4 Å². The van der Waals surface area contributed by atoms with Crippen LogP contribution in [-0.4, -0.2) is 47.0 Å². The van der Waals surface area contributed by atoms with Crippen LogP contribution in [0.25, 0.3) is 0 Å². The van der Waals surface area contributed by atoms with Gasteiger partial charge in [-0.15, -0.1) is 5.10 Å². The highest BCUT2D eigenvalue weighted by Gasteiger charge is 2.27. The predicted molar refractivity (Wildman–Crippen MR) is 84.2 cm³/mol. The molecule has 0 spiro atoms. The lowest BCUT2D eigenvalue weighted by Crippen LogP contribution is -2.44. The normalized spacial score (nSPS) is 19.2. The third-order valence-corrected chi connectivity index (χ3v) is 4.12. The largest absolute Gasteiger partial charge is 0.471 e. The van der Waals surface area contributed by atoms with E-state index in [1.54, 1.807) is 36.5 Å². The number of fused-ring (bicyclic) bond motifs is 1. The van der Waals surface area contributed by atoms with Crippen molar-refractivity contribution < 1.29 is 19.0 Å². The van der Waals surface area contributed by atoms with Crippen molar-refractivity contribution in [1.29, 1.82) is 0 Å². The molecule has 7 heteroatoms. The fourth-order valence-corrected chi connectivity index (χ4v) is 2.95. The fraction of sp³-hybridized carbons (Fsp3) is 0.353. The zero-order valence-corrected chi connectivity index (χ0v) is 13.1. The highest BCUT2D eigenvalue weighted by atomic mass is 16.7. The molecule has 0 unspecified atom stereocenters. The summed E-state index contributed by atoms with van der Waals surface area (Å²) in [6.45, 7) is 1.45. The monoisotopic (exact) mass is 327 g/mol. The lowest BCUT2D eigenvalue weighted by molar-refractivity contribution is 0.0525. The minimum atomic E-state index is -0.0755. The van der Waals surface area contributed by atoms with E-state index < -0.39 is 0 Å². The van der Waals surface area contributed by atoms with E-state index in [9.17, 15) is 4.79 Å². The van der Waals surface area contributed by atoms with Crippen LogP contribution >= 0.6 is 0 Å². The van der Waals surface area contributed by atoms with Crippen LogP contribution < -0.4 is 14.2 Å². The van der Waals surface area contributed by atoms with Gasteiger partial charge in [-0.2, -0.15) is 5.10 Å². The number of aromatic nitrogens is 2. The van der Waals surface area contributed by atoms with Crippen molar-refractivity contribution >= 4 is 5.91 Å². The van der Waals surface area contributed by atoms with Crippen molar-refractivity contribution in [2.45, 2.75) is 18.9 Å². The maximum absolute atomic E-state index is 12.7. The number of carbonyl (C=O) groups excluding carboxylic acids is 1. The molecule has 1 fully saturated rings. The molecule has 0 N–H and O–H groups in total. The second-order valence-corrected chi connectivity index (χ2v) is 5.76. The Morgan fingerprint density at radius 1 is 1.25 bits per heavy atom. The first-order valence-corrected chi connectivity index (χ1v) is 7.93. The molecule has 1 saturated heterocycles. The minimum Gasteiger partial charge on any atom is -0.471 e. The van der Waals surface area contributed by atoms with E-state index in [2.05, 4.69) is 10.2 Å². The van der Waals surface area contributed by atoms with Gasteiger partial charge in [-0.05, 0) is 37.1 Å². The molecular weight excluding hydrogens is 310 g/mol. The second-order valence-electron chi connectivity index (χ2n) is 5.76. The molecule has 2 aromatic rings. The molecule has 4 rings (SSSR count). The van der Waals surface area contributed by atoms with Crippen LogP contribution in [0.5, 0.6) is 17.4 Å². The standard InChI is InChI=1S/C17H17N3O4/c21-17(12-5-6-14-15(9-12)23-11-22-14)20-8-2-3-13(10-20)24-16-4-1-7-18-19-16/h1,4-7,9,13H,2-3,8,10-11H2/t13-/m0/s1. The third kappa shape index (κ3) is 2.97. The average molecular weight is 327 g/mol. The Morgan fingerprint density at radius 2 is 2.17 bits per heavy atom. The lowest BCUT2D eigenvalue weighted by Gasteiger charge is -2.32. The number of piperidine rings is 1. The number of ether oxygens (including phenoxy) is 3. The highest BCUT2D eigenvalue weighted by molar-refractivity contribution is 5.95. The Balaban J connectivity index is 1.44. The van der Waals surface area contributed by atoms with E-state index in [1.807, 2.05) is 4.90 Å². The summed E-state index contributed by atoms with van der Waals surface area (Å²) in [7, 11) is 0. The molecule has 0 saturated carbocycles. The number of benzene rings is 1. The molecule has 7 nitrogen and oxygen atoms in total. The van der Waals surface area contributed by atoms with Crippen molar-refractivity contribution in [2.75, 3.05) is 19.9 Å². The van der Waals surface area contributed by atoms with Gasteiger partial charge in [0.05, 0.1) is 6.54 Å². The maximum atomic E-state index is 12.7. The Bertz CT molecular complexity index is 738. The van der Waals surface area contributed by atoms with Crippen molar-refractivity contribution in [3.8, 4) is 17.4 Å². The molecule has 1 atom stereocenters. The smallest absolute Gasteiger partial charge is 0.254 e.